The second-order valence-electron chi connectivity index (χ2n) is 5.77. The molecule has 0 unspecified atom stereocenters. The number of nitrogens with one attached hydrogen (secondary N) is 3. The zero-order valence-electron chi connectivity index (χ0n) is 12.7. The minimum atomic E-state index is -0.406. The van der Waals surface area contributed by atoms with Crippen LogP contribution in [0.25, 0.3) is 0 Å². The van der Waals surface area contributed by atoms with E-state index in [1.54, 1.807) is 24.3 Å². The van der Waals surface area contributed by atoms with Gasteiger partial charge in [0.05, 0.1) is 0 Å². The van der Waals surface area contributed by atoms with Crippen LogP contribution in [-0.2, 0) is 5.41 Å². The molecule has 3 amide bonds. The predicted octanol–water partition coefficient (Wildman–Crippen LogP) is 2.36. The molecule has 0 aromatic heterocycles. The first-order chi connectivity index (χ1) is 11.2. The van der Waals surface area contributed by atoms with E-state index in [0.717, 1.165) is 12.8 Å². The van der Waals surface area contributed by atoms with Crippen molar-refractivity contribution in [3.63, 3.8) is 0 Å². The van der Waals surface area contributed by atoms with Crippen LogP contribution < -0.4 is 16.2 Å². The summed E-state index contributed by atoms with van der Waals surface area (Å²) in [6, 6.07) is 18.5. The van der Waals surface area contributed by atoms with E-state index in [-0.39, 0.29) is 11.3 Å². The van der Waals surface area contributed by atoms with Gasteiger partial charge in [-0.1, -0.05) is 48.5 Å². The Morgan fingerprint density at radius 2 is 1.48 bits per heavy atom. The summed E-state index contributed by atoms with van der Waals surface area (Å²) < 4.78 is 0. The largest absolute Gasteiger partial charge is 0.336 e. The molecule has 2 aromatic rings. The fourth-order valence-corrected chi connectivity index (χ4v) is 2.58. The van der Waals surface area contributed by atoms with E-state index >= 15 is 0 Å². The van der Waals surface area contributed by atoms with Crippen molar-refractivity contribution in [2.45, 2.75) is 18.3 Å². The second kappa shape index (κ2) is 6.52. The standard InChI is InChI=1S/C18H19N3O2/c22-16(14-7-3-1-4-8-14)20-21-17(23)19-13-18(11-12-18)15-9-5-2-6-10-15/h1-10H,11-13H2,(H,20,22)(H2,19,21,23). The molecule has 5 heteroatoms. The van der Waals surface area contributed by atoms with Crippen LogP contribution in [0.2, 0.25) is 0 Å². The molecular weight excluding hydrogens is 290 g/mol. The summed E-state index contributed by atoms with van der Waals surface area (Å²) >= 11 is 0. The topological polar surface area (TPSA) is 70.2 Å². The number of benzene rings is 2. The second-order valence-corrected chi connectivity index (χ2v) is 5.77. The van der Waals surface area contributed by atoms with Crippen molar-refractivity contribution in [3.05, 3.63) is 71.8 Å². The van der Waals surface area contributed by atoms with Crippen molar-refractivity contribution in [1.82, 2.24) is 16.2 Å². The summed E-state index contributed by atoms with van der Waals surface area (Å²) in [5, 5.41) is 2.83. The van der Waals surface area contributed by atoms with Crippen LogP contribution >= 0.6 is 0 Å². The molecule has 0 bridgehead atoms. The van der Waals surface area contributed by atoms with Crippen molar-refractivity contribution in [2.24, 2.45) is 0 Å². The van der Waals surface area contributed by atoms with E-state index in [0.29, 0.717) is 12.1 Å². The third kappa shape index (κ3) is 3.69. The molecule has 0 radical (unpaired) electrons. The van der Waals surface area contributed by atoms with Crippen LogP contribution in [0.5, 0.6) is 0 Å². The molecule has 1 aliphatic carbocycles. The Labute approximate surface area is 135 Å². The van der Waals surface area contributed by atoms with Gasteiger partial charge in [0.15, 0.2) is 0 Å². The molecule has 1 fully saturated rings. The summed E-state index contributed by atoms with van der Waals surface area (Å²) in [6.45, 7) is 0.560. The van der Waals surface area contributed by atoms with Crippen molar-refractivity contribution < 1.29 is 9.59 Å². The van der Waals surface area contributed by atoms with Crippen LogP contribution in [0.1, 0.15) is 28.8 Å². The lowest BCUT2D eigenvalue weighted by Crippen LogP contribution is -2.48. The maximum Gasteiger partial charge on any atom is 0.333 e. The minimum Gasteiger partial charge on any atom is -0.336 e. The highest BCUT2D eigenvalue weighted by atomic mass is 16.2. The van der Waals surface area contributed by atoms with Gasteiger partial charge in [0.25, 0.3) is 5.91 Å². The number of carbonyl (C=O) groups is 2. The van der Waals surface area contributed by atoms with Gasteiger partial charge in [-0.25, -0.2) is 10.2 Å². The first kappa shape index (κ1) is 15.1. The highest BCUT2D eigenvalue weighted by Gasteiger charge is 2.44. The van der Waals surface area contributed by atoms with Crippen LogP contribution in [-0.4, -0.2) is 18.5 Å². The molecule has 0 heterocycles. The van der Waals surface area contributed by atoms with Crippen molar-refractivity contribution in [3.8, 4) is 0 Å². The first-order valence-electron chi connectivity index (χ1n) is 7.64. The lowest BCUT2D eigenvalue weighted by molar-refractivity contribution is 0.0936. The van der Waals surface area contributed by atoms with Crippen LogP contribution in [0.3, 0.4) is 0 Å². The number of carbonyl (C=O) groups excluding carboxylic acids is 2. The van der Waals surface area contributed by atoms with Gasteiger partial charge < -0.3 is 5.32 Å². The Morgan fingerprint density at radius 1 is 0.870 bits per heavy atom. The molecule has 0 saturated heterocycles. The van der Waals surface area contributed by atoms with Crippen LogP contribution in [0.4, 0.5) is 4.79 Å². The molecule has 3 rings (SSSR count). The Balaban J connectivity index is 1.46. The maximum atomic E-state index is 11.8. The molecule has 0 atom stereocenters. The third-order valence-electron chi connectivity index (χ3n) is 4.15. The van der Waals surface area contributed by atoms with Gasteiger partial charge in [-0.3, -0.25) is 10.2 Å². The lowest BCUT2D eigenvalue weighted by Gasteiger charge is -2.17. The Morgan fingerprint density at radius 3 is 2.09 bits per heavy atom. The smallest absolute Gasteiger partial charge is 0.333 e. The minimum absolute atomic E-state index is 0.0437. The quantitative estimate of drug-likeness (QED) is 0.759. The van der Waals surface area contributed by atoms with E-state index < -0.39 is 6.03 Å². The summed E-state index contributed by atoms with van der Waals surface area (Å²) in [4.78, 5) is 23.7. The van der Waals surface area contributed by atoms with Gasteiger partial charge in [-0.05, 0) is 30.5 Å². The van der Waals surface area contributed by atoms with Crippen molar-refractivity contribution >= 4 is 11.9 Å². The average Bonchev–Trinajstić information content (AvgIpc) is 3.41. The number of amides is 3. The highest BCUT2D eigenvalue weighted by molar-refractivity contribution is 5.95. The van der Waals surface area contributed by atoms with Crippen molar-refractivity contribution in [2.75, 3.05) is 6.54 Å². The van der Waals surface area contributed by atoms with Gasteiger partial charge in [0.1, 0.15) is 0 Å². The Hall–Kier alpha value is -2.82. The average molecular weight is 309 g/mol. The summed E-state index contributed by atoms with van der Waals surface area (Å²) in [6.07, 6.45) is 2.13. The molecule has 0 aliphatic heterocycles. The zero-order valence-corrected chi connectivity index (χ0v) is 12.7. The molecule has 5 nitrogen and oxygen atoms in total. The molecule has 1 saturated carbocycles. The summed E-state index contributed by atoms with van der Waals surface area (Å²) in [5.74, 6) is -0.343. The van der Waals surface area contributed by atoms with E-state index in [1.807, 2.05) is 24.3 Å². The maximum absolute atomic E-state index is 11.8. The number of rotatable bonds is 4. The molecule has 23 heavy (non-hydrogen) atoms. The first-order valence-corrected chi connectivity index (χ1v) is 7.64. The van der Waals surface area contributed by atoms with Crippen molar-refractivity contribution in [1.29, 1.82) is 0 Å². The number of hydrazine groups is 1. The van der Waals surface area contributed by atoms with Crippen LogP contribution in [0.15, 0.2) is 60.7 Å². The van der Waals surface area contributed by atoms with Gasteiger partial charge in [-0.15, -0.1) is 0 Å². The fourth-order valence-electron chi connectivity index (χ4n) is 2.58. The Kier molecular flexibility index (Phi) is 4.28. The Bertz CT molecular complexity index is 682. The van der Waals surface area contributed by atoms with E-state index in [1.165, 1.54) is 5.56 Å². The summed E-state index contributed by atoms with van der Waals surface area (Å²) in [7, 11) is 0. The SMILES string of the molecule is O=C(NCC1(c2ccccc2)CC1)NNC(=O)c1ccccc1. The van der Waals surface area contributed by atoms with E-state index in [2.05, 4.69) is 28.3 Å². The molecule has 3 N–H and O–H groups in total. The normalized spacial score (nSPS) is 14.6. The molecule has 1 aliphatic rings. The summed E-state index contributed by atoms with van der Waals surface area (Å²) in [5.41, 5.74) is 6.56. The number of hydrogen-bond acceptors (Lipinski definition) is 2. The molecule has 118 valence electrons. The monoisotopic (exact) mass is 309 g/mol. The van der Waals surface area contributed by atoms with Gasteiger partial charge in [0, 0.05) is 17.5 Å². The van der Waals surface area contributed by atoms with E-state index in [9.17, 15) is 9.59 Å². The zero-order chi connectivity index (χ0) is 16.1. The predicted molar refractivity (Wildman–Crippen MR) is 87.8 cm³/mol. The molecule has 0 spiro atoms. The van der Waals surface area contributed by atoms with E-state index in [4.69, 9.17) is 0 Å². The van der Waals surface area contributed by atoms with Gasteiger partial charge in [-0.2, -0.15) is 0 Å². The van der Waals surface area contributed by atoms with Gasteiger partial charge in [0.2, 0.25) is 0 Å². The molecular formula is C18H19N3O2. The highest BCUT2D eigenvalue weighted by Crippen LogP contribution is 2.47. The van der Waals surface area contributed by atoms with Crippen LogP contribution in [0, 0.1) is 0 Å². The lowest BCUT2D eigenvalue weighted by atomic mass is 9.96. The fraction of sp³-hybridized carbons (Fsp3) is 0.222. The number of urea groups is 1. The van der Waals surface area contributed by atoms with Gasteiger partial charge >= 0.3 is 6.03 Å². The third-order valence-corrected chi connectivity index (χ3v) is 4.15. The number of hydrogen-bond donors (Lipinski definition) is 3. The molecule has 2 aromatic carbocycles.